The number of hydrogen-bond donors (Lipinski definition) is 2. The number of nitrogens with one attached hydrogen (secondary N) is 2. The lowest BCUT2D eigenvalue weighted by molar-refractivity contribution is 0.102. The molecule has 0 radical (unpaired) electrons. The normalized spacial score (nSPS) is 16.0. The minimum atomic E-state index is -0.854. The number of hydrogen-bond acceptors (Lipinski definition) is 5. The molecule has 166 valence electrons. The van der Waals surface area contributed by atoms with Gasteiger partial charge in [0.1, 0.15) is 22.5 Å². The zero-order valence-electron chi connectivity index (χ0n) is 16.6. The van der Waals surface area contributed by atoms with Gasteiger partial charge in [-0.25, -0.2) is 18.0 Å². The van der Waals surface area contributed by atoms with Gasteiger partial charge in [-0.05, 0) is 49.2 Å². The molecule has 1 aliphatic heterocycles. The molecule has 1 aromatic heterocycles. The molecule has 11 heteroatoms. The Kier molecular flexibility index (Phi) is 6.35. The summed E-state index contributed by atoms with van der Waals surface area (Å²) in [5, 5.41) is 13.9. The smallest absolute Gasteiger partial charge is 0.321 e. The number of anilines is 2. The van der Waals surface area contributed by atoms with E-state index in [-0.39, 0.29) is 16.6 Å². The Morgan fingerprint density at radius 2 is 1.75 bits per heavy atom. The molecular formula is C21H18F3N5O2S. The van der Waals surface area contributed by atoms with E-state index in [0.717, 1.165) is 23.8 Å². The molecule has 2 N–H and O–H groups in total. The molecule has 0 aliphatic carbocycles. The summed E-state index contributed by atoms with van der Waals surface area (Å²) < 4.78 is 39.9. The Morgan fingerprint density at radius 3 is 2.50 bits per heavy atom. The third-order valence-electron chi connectivity index (χ3n) is 4.97. The SMILES string of the molecule is O=C(Nc1ccc(F)cc1)c1nnc([C@@H]2CCCN(C(=O)Nc3ccc(F)cc3F)C2)s1. The zero-order chi connectivity index (χ0) is 22.7. The second-order valence-electron chi connectivity index (χ2n) is 7.25. The number of amides is 3. The summed E-state index contributed by atoms with van der Waals surface area (Å²) >= 11 is 1.12. The Morgan fingerprint density at radius 1 is 1.00 bits per heavy atom. The van der Waals surface area contributed by atoms with Crippen LogP contribution in [0.2, 0.25) is 0 Å². The van der Waals surface area contributed by atoms with Gasteiger partial charge in [0.05, 0.1) is 5.69 Å². The zero-order valence-corrected chi connectivity index (χ0v) is 17.5. The van der Waals surface area contributed by atoms with Crippen LogP contribution in [0.5, 0.6) is 0 Å². The molecule has 0 bridgehead atoms. The number of carbonyl (C=O) groups excluding carboxylic acids is 2. The number of likely N-dealkylation sites (tertiary alicyclic amines) is 1. The van der Waals surface area contributed by atoms with E-state index >= 15 is 0 Å². The van der Waals surface area contributed by atoms with E-state index in [1.807, 2.05) is 0 Å². The van der Waals surface area contributed by atoms with Crippen LogP contribution in [0.25, 0.3) is 0 Å². The average Bonchev–Trinajstić information content (AvgIpc) is 3.28. The summed E-state index contributed by atoms with van der Waals surface area (Å²) in [6.07, 6.45) is 1.45. The third kappa shape index (κ3) is 5.05. The first-order valence-corrected chi connectivity index (χ1v) is 10.6. The van der Waals surface area contributed by atoms with Gasteiger partial charge >= 0.3 is 6.03 Å². The van der Waals surface area contributed by atoms with E-state index < -0.39 is 29.4 Å². The molecule has 4 rings (SSSR count). The van der Waals surface area contributed by atoms with Crippen LogP contribution in [0.15, 0.2) is 42.5 Å². The fourth-order valence-corrected chi connectivity index (χ4v) is 4.22. The van der Waals surface area contributed by atoms with Gasteiger partial charge in [0.2, 0.25) is 5.01 Å². The number of urea groups is 1. The van der Waals surface area contributed by atoms with Gasteiger partial charge in [-0.1, -0.05) is 11.3 Å². The van der Waals surface area contributed by atoms with Crippen molar-refractivity contribution in [2.45, 2.75) is 18.8 Å². The lowest BCUT2D eigenvalue weighted by Gasteiger charge is -2.31. The van der Waals surface area contributed by atoms with Gasteiger partial charge in [-0.3, -0.25) is 4.79 Å². The van der Waals surface area contributed by atoms with Crippen LogP contribution in [0.1, 0.15) is 33.6 Å². The van der Waals surface area contributed by atoms with Crippen molar-refractivity contribution >= 4 is 34.6 Å². The average molecular weight is 461 g/mol. The minimum Gasteiger partial charge on any atom is -0.324 e. The monoisotopic (exact) mass is 461 g/mol. The molecule has 0 unspecified atom stereocenters. The van der Waals surface area contributed by atoms with Crippen molar-refractivity contribution in [3.8, 4) is 0 Å². The summed E-state index contributed by atoms with van der Waals surface area (Å²) in [6, 6.07) is 7.79. The molecular weight excluding hydrogens is 443 g/mol. The topological polar surface area (TPSA) is 87.2 Å². The second kappa shape index (κ2) is 9.35. The lowest BCUT2D eigenvalue weighted by Crippen LogP contribution is -2.41. The van der Waals surface area contributed by atoms with E-state index in [0.29, 0.717) is 36.3 Å². The molecule has 1 aliphatic rings. The largest absolute Gasteiger partial charge is 0.324 e. The summed E-state index contributed by atoms with van der Waals surface area (Å²) in [5.41, 5.74) is 0.330. The van der Waals surface area contributed by atoms with Crippen molar-refractivity contribution in [3.63, 3.8) is 0 Å². The maximum absolute atomic E-state index is 13.8. The van der Waals surface area contributed by atoms with Crippen molar-refractivity contribution in [1.29, 1.82) is 0 Å². The predicted octanol–water partition coefficient (Wildman–Crippen LogP) is 4.62. The van der Waals surface area contributed by atoms with Crippen LogP contribution in [-0.4, -0.2) is 40.1 Å². The number of rotatable bonds is 4. The van der Waals surface area contributed by atoms with Gasteiger partial charge < -0.3 is 15.5 Å². The van der Waals surface area contributed by atoms with Crippen LogP contribution in [-0.2, 0) is 0 Å². The Hall–Kier alpha value is -3.47. The van der Waals surface area contributed by atoms with Crippen molar-refractivity contribution < 1.29 is 22.8 Å². The third-order valence-corrected chi connectivity index (χ3v) is 6.05. The first-order chi connectivity index (χ1) is 15.4. The molecule has 0 spiro atoms. The molecule has 1 atom stereocenters. The molecule has 1 saturated heterocycles. The van der Waals surface area contributed by atoms with Crippen LogP contribution in [0.3, 0.4) is 0 Å². The Bertz CT molecular complexity index is 1140. The van der Waals surface area contributed by atoms with Gasteiger partial charge in [0.15, 0.2) is 0 Å². The molecule has 2 aromatic carbocycles. The number of halogens is 3. The molecule has 3 amide bonds. The van der Waals surface area contributed by atoms with Crippen molar-refractivity contribution in [1.82, 2.24) is 15.1 Å². The predicted molar refractivity (Wildman–Crippen MR) is 113 cm³/mol. The molecule has 2 heterocycles. The van der Waals surface area contributed by atoms with Gasteiger partial charge in [-0.2, -0.15) is 0 Å². The summed E-state index contributed by atoms with van der Waals surface area (Å²) in [4.78, 5) is 26.5. The van der Waals surface area contributed by atoms with E-state index in [2.05, 4.69) is 20.8 Å². The second-order valence-corrected chi connectivity index (χ2v) is 8.26. The van der Waals surface area contributed by atoms with Gasteiger partial charge in [0, 0.05) is 30.8 Å². The standard InChI is InChI=1S/C21H18F3N5O2S/c22-13-3-6-15(7-4-13)25-18(30)20-28-27-19(32-20)12-2-1-9-29(11-12)21(31)26-17-8-5-14(23)10-16(17)24/h3-8,10,12H,1-2,9,11H2,(H,25,30)(H,26,31)/t12-/m1/s1. The Labute approximate surface area is 185 Å². The number of piperidine rings is 1. The summed E-state index contributed by atoms with van der Waals surface area (Å²) in [5.74, 6) is -2.58. The fraction of sp³-hybridized carbons (Fsp3) is 0.238. The van der Waals surface area contributed by atoms with Gasteiger partial charge in [-0.15, -0.1) is 10.2 Å². The fourth-order valence-electron chi connectivity index (χ4n) is 3.36. The summed E-state index contributed by atoms with van der Waals surface area (Å²) in [7, 11) is 0. The maximum atomic E-state index is 13.8. The highest BCUT2D eigenvalue weighted by atomic mass is 32.1. The molecule has 32 heavy (non-hydrogen) atoms. The quantitative estimate of drug-likeness (QED) is 0.594. The van der Waals surface area contributed by atoms with Crippen LogP contribution < -0.4 is 10.6 Å². The highest BCUT2D eigenvalue weighted by Gasteiger charge is 2.28. The highest BCUT2D eigenvalue weighted by molar-refractivity contribution is 7.13. The molecule has 7 nitrogen and oxygen atoms in total. The van der Waals surface area contributed by atoms with E-state index in [1.165, 1.54) is 35.2 Å². The highest BCUT2D eigenvalue weighted by Crippen LogP contribution is 2.30. The van der Waals surface area contributed by atoms with Crippen molar-refractivity contribution in [2.75, 3.05) is 23.7 Å². The number of aromatic nitrogens is 2. The molecule has 0 saturated carbocycles. The lowest BCUT2D eigenvalue weighted by atomic mass is 9.99. The van der Waals surface area contributed by atoms with Crippen LogP contribution in [0.4, 0.5) is 29.3 Å². The summed E-state index contributed by atoms with van der Waals surface area (Å²) in [6.45, 7) is 0.796. The Balaban J connectivity index is 1.39. The number of benzene rings is 2. The van der Waals surface area contributed by atoms with Crippen molar-refractivity contribution in [3.05, 3.63) is 69.9 Å². The van der Waals surface area contributed by atoms with E-state index in [1.54, 1.807) is 0 Å². The number of carbonyl (C=O) groups is 2. The molecule has 3 aromatic rings. The van der Waals surface area contributed by atoms with Gasteiger partial charge in [0.25, 0.3) is 5.91 Å². The maximum Gasteiger partial charge on any atom is 0.321 e. The van der Waals surface area contributed by atoms with Crippen LogP contribution in [0, 0.1) is 17.5 Å². The molecule has 1 fully saturated rings. The number of nitrogens with zero attached hydrogens (tertiary/aromatic N) is 3. The van der Waals surface area contributed by atoms with E-state index in [4.69, 9.17) is 0 Å². The van der Waals surface area contributed by atoms with Crippen LogP contribution >= 0.6 is 11.3 Å². The minimum absolute atomic E-state index is 0.103. The van der Waals surface area contributed by atoms with E-state index in [9.17, 15) is 22.8 Å². The first-order valence-electron chi connectivity index (χ1n) is 9.80. The first kappa shape index (κ1) is 21.8. The van der Waals surface area contributed by atoms with Crippen molar-refractivity contribution in [2.24, 2.45) is 0 Å².